The number of carbonyl (C=O) groups excluding carboxylic acids is 1. The molecule has 1 fully saturated rings. The summed E-state index contributed by atoms with van der Waals surface area (Å²) in [6.07, 6.45) is 4.12. The van der Waals surface area contributed by atoms with Gasteiger partial charge in [0.15, 0.2) is 5.82 Å². The van der Waals surface area contributed by atoms with Crippen molar-refractivity contribution < 1.29 is 9.18 Å². The number of hydrogen-bond donors (Lipinski definition) is 1. The molecule has 0 saturated heterocycles. The molecular formula is C17H21ClFN3O. The number of aromatic nitrogens is 1. The number of benzene rings is 1. The third-order valence-electron chi connectivity index (χ3n) is 4.80. The van der Waals surface area contributed by atoms with Gasteiger partial charge >= 0.3 is 0 Å². The summed E-state index contributed by atoms with van der Waals surface area (Å²) in [5, 5.41) is 0.635. The Morgan fingerprint density at radius 3 is 2.74 bits per heavy atom. The van der Waals surface area contributed by atoms with Crippen LogP contribution in [0.25, 0.3) is 10.9 Å². The van der Waals surface area contributed by atoms with Gasteiger partial charge in [0.05, 0.1) is 10.5 Å². The van der Waals surface area contributed by atoms with E-state index in [2.05, 4.69) is 0 Å². The summed E-state index contributed by atoms with van der Waals surface area (Å²) in [5.74, 6) is -0.286. The molecule has 6 heteroatoms. The second kappa shape index (κ2) is 6.13. The quantitative estimate of drug-likeness (QED) is 0.915. The van der Waals surface area contributed by atoms with Crippen molar-refractivity contribution in [2.45, 2.75) is 31.3 Å². The predicted molar refractivity (Wildman–Crippen MR) is 90.0 cm³/mol. The fourth-order valence-corrected chi connectivity index (χ4v) is 3.75. The van der Waals surface area contributed by atoms with Gasteiger partial charge in [0, 0.05) is 43.7 Å². The van der Waals surface area contributed by atoms with Gasteiger partial charge in [0.1, 0.15) is 0 Å². The monoisotopic (exact) mass is 337 g/mol. The van der Waals surface area contributed by atoms with E-state index in [1.54, 1.807) is 31.1 Å². The molecule has 1 saturated carbocycles. The average Bonchev–Trinajstić information content (AvgIpc) is 2.94. The van der Waals surface area contributed by atoms with Crippen LogP contribution in [-0.2, 0) is 4.79 Å². The lowest BCUT2D eigenvalue weighted by atomic mass is 9.82. The molecule has 0 unspecified atom stereocenters. The number of carbonyl (C=O) groups is 1. The molecule has 1 aliphatic carbocycles. The van der Waals surface area contributed by atoms with Crippen molar-refractivity contribution in [1.82, 2.24) is 9.47 Å². The smallest absolute Gasteiger partial charge is 0.225 e. The van der Waals surface area contributed by atoms with Gasteiger partial charge in [-0.05, 0) is 37.5 Å². The second-order valence-corrected chi connectivity index (χ2v) is 6.90. The molecule has 1 aromatic carbocycles. The fourth-order valence-electron chi connectivity index (χ4n) is 3.59. The van der Waals surface area contributed by atoms with Crippen molar-refractivity contribution in [1.29, 1.82) is 0 Å². The SMILES string of the molecule is CN(C)C(=O)[C@H]1CC[C@H](n2ccc3c(F)c(Cl)ccc32)[C@H](N)C1. The third kappa shape index (κ3) is 2.83. The lowest BCUT2D eigenvalue weighted by Crippen LogP contribution is -2.42. The number of fused-ring (bicyclic) bond motifs is 1. The highest BCUT2D eigenvalue weighted by molar-refractivity contribution is 6.31. The highest BCUT2D eigenvalue weighted by Gasteiger charge is 2.33. The number of halogens is 2. The predicted octanol–water partition coefficient (Wildman–Crippen LogP) is 3.19. The number of nitrogens with two attached hydrogens (primary N) is 1. The van der Waals surface area contributed by atoms with Gasteiger partial charge in [-0.15, -0.1) is 0 Å². The van der Waals surface area contributed by atoms with Crippen molar-refractivity contribution in [3.8, 4) is 0 Å². The molecule has 0 radical (unpaired) electrons. The Kier molecular flexibility index (Phi) is 4.34. The molecule has 1 amide bonds. The first-order chi connectivity index (χ1) is 10.9. The zero-order valence-corrected chi connectivity index (χ0v) is 14.1. The summed E-state index contributed by atoms with van der Waals surface area (Å²) in [5.41, 5.74) is 7.14. The van der Waals surface area contributed by atoms with Gasteiger partial charge in [0.25, 0.3) is 0 Å². The van der Waals surface area contributed by atoms with Gasteiger partial charge in [-0.2, -0.15) is 0 Å². The van der Waals surface area contributed by atoms with Crippen LogP contribution in [0.3, 0.4) is 0 Å². The maximum atomic E-state index is 14.1. The van der Waals surface area contributed by atoms with Gasteiger partial charge in [-0.1, -0.05) is 11.6 Å². The minimum absolute atomic E-state index is 0.0238. The molecule has 3 atom stereocenters. The standard InChI is InChI=1S/C17H21ClFN3O/c1-21(2)17(23)10-3-5-15(13(20)9-10)22-8-7-11-14(22)6-4-12(18)16(11)19/h4,6-8,10,13,15H,3,5,9,20H2,1-2H3/t10-,13+,15-/m0/s1. The zero-order chi connectivity index (χ0) is 16.7. The first kappa shape index (κ1) is 16.3. The molecule has 1 aliphatic rings. The highest BCUT2D eigenvalue weighted by atomic mass is 35.5. The lowest BCUT2D eigenvalue weighted by Gasteiger charge is -2.35. The van der Waals surface area contributed by atoms with E-state index in [0.29, 0.717) is 11.8 Å². The number of hydrogen-bond acceptors (Lipinski definition) is 2. The summed E-state index contributed by atoms with van der Waals surface area (Å²) in [6.45, 7) is 0. The Morgan fingerprint density at radius 2 is 2.09 bits per heavy atom. The van der Waals surface area contributed by atoms with Crippen molar-refractivity contribution in [2.75, 3.05) is 14.1 Å². The molecule has 0 spiro atoms. The van der Waals surface area contributed by atoms with E-state index < -0.39 is 5.82 Å². The van der Waals surface area contributed by atoms with E-state index in [1.807, 2.05) is 16.8 Å². The molecule has 3 rings (SSSR count). The Balaban J connectivity index is 1.87. The molecule has 124 valence electrons. The molecular weight excluding hydrogens is 317 g/mol. The Bertz CT molecular complexity index is 743. The summed E-state index contributed by atoms with van der Waals surface area (Å²) >= 11 is 5.84. The number of amides is 1. The average molecular weight is 338 g/mol. The van der Waals surface area contributed by atoms with Crippen LogP contribution in [-0.4, -0.2) is 35.5 Å². The van der Waals surface area contributed by atoms with Crippen LogP contribution in [0.2, 0.25) is 5.02 Å². The summed E-state index contributed by atoms with van der Waals surface area (Å²) < 4.78 is 16.1. The van der Waals surface area contributed by atoms with Gasteiger partial charge in [0.2, 0.25) is 5.91 Å². The van der Waals surface area contributed by atoms with Gasteiger partial charge in [-0.25, -0.2) is 4.39 Å². The van der Waals surface area contributed by atoms with E-state index >= 15 is 0 Å². The van der Waals surface area contributed by atoms with Crippen LogP contribution in [0.5, 0.6) is 0 Å². The molecule has 4 nitrogen and oxygen atoms in total. The Morgan fingerprint density at radius 1 is 1.35 bits per heavy atom. The maximum Gasteiger partial charge on any atom is 0.225 e. The van der Waals surface area contributed by atoms with Crippen molar-refractivity contribution >= 4 is 28.4 Å². The van der Waals surface area contributed by atoms with Gasteiger partial charge in [-0.3, -0.25) is 4.79 Å². The lowest BCUT2D eigenvalue weighted by molar-refractivity contribution is -0.134. The summed E-state index contributed by atoms with van der Waals surface area (Å²) in [6, 6.07) is 5.07. The van der Waals surface area contributed by atoms with Crippen LogP contribution >= 0.6 is 11.6 Å². The number of rotatable bonds is 2. The fraction of sp³-hybridized carbons (Fsp3) is 0.471. The molecule has 2 aromatic rings. The van der Waals surface area contributed by atoms with Crippen molar-refractivity contribution in [3.63, 3.8) is 0 Å². The molecule has 1 heterocycles. The van der Waals surface area contributed by atoms with E-state index in [4.69, 9.17) is 17.3 Å². The van der Waals surface area contributed by atoms with E-state index in [0.717, 1.165) is 18.4 Å². The first-order valence-corrected chi connectivity index (χ1v) is 8.19. The second-order valence-electron chi connectivity index (χ2n) is 6.49. The van der Waals surface area contributed by atoms with Crippen LogP contribution < -0.4 is 5.73 Å². The first-order valence-electron chi connectivity index (χ1n) is 7.81. The number of nitrogens with zero attached hydrogens (tertiary/aromatic N) is 2. The minimum Gasteiger partial charge on any atom is -0.349 e. The summed E-state index contributed by atoms with van der Waals surface area (Å²) in [4.78, 5) is 13.8. The molecule has 0 bridgehead atoms. The highest BCUT2D eigenvalue weighted by Crippen LogP contribution is 2.36. The van der Waals surface area contributed by atoms with Crippen molar-refractivity contribution in [2.24, 2.45) is 11.7 Å². The van der Waals surface area contributed by atoms with E-state index in [-0.39, 0.29) is 28.9 Å². The minimum atomic E-state index is -0.395. The largest absolute Gasteiger partial charge is 0.349 e. The van der Waals surface area contributed by atoms with Gasteiger partial charge < -0.3 is 15.2 Å². The normalized spacial score (nSPS) is 24.8. The molecule has 1 aromatic heterocycles. The zero-order valence-electron chi connectivity index (χ0n) is 13.3. The van der Waals surface area contributed by atoms with E-state index in [1.165, 1.54) is 0 Å². The van der Waals surface area contributed by atoms with Crippen molar-refractivity contribution in [3.05, 3.63) is 35.2 Å². The van der Waals surface area contributed by atoms with Crippen LogP contribution in [0.1, 0.15) is 25.3 Å². The molecule has 2 N–H and O–H groups in total. The van der Waals surface area contributed by atoms with Crippen LogP contribution in [0.15, 0.2) is 24.4 Å². The topological polar surface area (TPSA) is 51.3 Å². The summed E-state index contributed by atoms with van der Waals surface area (Å²) in [7, 11) is 3.54. The molecule has 23 heavy (non-hydrogen) atoms. The maximum absolute atomic E-state index is 14.1. The molecule has 0 aliphatic heterocycles. The third-order valence-corrected chi connectivity index (χ3v) is 5.09. The van der Waals surface area contributed by atoms with Crippen LogP contribution in [0, 0.1) is 11.7 Å². The Hall–Kier alpha value is -1.59. The Labute approximate surface area is 140 Å². The van der Waals surface area contributed by atoms with E-state index in [9.17, 15) is 9.18 Å². The van der Waals surface area contributed by atoms with Crippen LogP contribution in [0.4, 0.5) is 4.39 Å².